The predicted molar refractivity (Wildman–Crippen MR) is 68.4 cm³/mol. The molecule has 0 saturated carbocycles. The highest BCUT2D eigenvalue weighted by Gasteiger charge is 2.20. The van der Waals surface area contributed by atoms with Gasteiger partial charge >= 0.3 is 0 Å². The summed E-state index contributed by atoms with van der Waals surface area (Å²) in [5.41, 5.74) is 1.41. The minimum Gasteiger partial charge on any atom is -0.314 e. The van der Waals surface area contributed by atoms with Gasteiger partial charge in [-0.1, -0.05) is 36.4 Å². The fourth-order valence-electron chi connectivity index (χ4n) is 2.32. The third-order valence-corrected chi connectivity index (χ3v) is 3.17. The Morgan fingerprint density at radius 3 is 2.56 bits per heavy atom. The molecule has 0 amide bonds. The maximum Gasteiger partial charge on any atom is 0.0383 e. The molecule has 1 aromatic carbocycles. The van der Waals surface area contributed by atoms with Crippen molar-refractivity contribution in [3.63, 3.8) is 0 Å². The summed E-state index contributed by atoms with van der Waals surface area (Å²) in [6.45, 7) is 8.34. The quantitative estimate of drug-likeness (QED) is 0.776. The first-order valence-electron chi connectivity index (χ1n) is 6.02. The lowest BCUT2D eigenvalue weighted by atomic mass is 10.0. The van der Waals surface area contributed by atoms with Crippen molar-refractivity contribution in [1.29, 1.82) is 0 Å². The smallest absolute Gasteiger partial charge is 0.0383 e. The summed E-state index contributed by atoms with van der Waals surface area (Å²) in [6.07, 6.45) is 3.06. The predicted octanol–water partition coefficient (Wildman–Crippen LogP) is 2.21. The molecule has 0 bridgehead atoms. The van der Waals surface area contributed by atoms with Crippen molar-refractivity contribution in [2.45, 2.75) is 12.5 Å². The van der Waals surface area contributed by atoms with Crippen molar-refractivity contribution >= 4 is 0 Å². The van der Waals surface area contributed by atoms with Crippen molar-refractivity contribution in [2.75, 3.05) is 26.2 Å². The molecule has 1 aromatic rings. The first-order chi connectivity index (χ1) is 7.92. The van der Waals surface area contributed by atoms with Gasteiger partial charge in [-0.2, -0.15) is 0 Å². The summed E-state index contributed by atoms with van der Waals surface area (Å²) in [7, 11) is 0. The molecule has 1 N–H and O–H groups in total. The number of nitrogens with one attached hydrogen (secondary N) is 1. The van der Waals surface area contributed by atoms with E-state index in [1.54, 1.807) is 0 Å². The molecule has 0 aromatic heterocycles. The molecule has 0 aliphatic carbocycles. The minimum atomic E-state index is 0.501. The maximum absolute atomic E-state index is 3.88. The lowest BCUT2D eigenvalue weighted by Crippen LogP contribution is -2.45. The molecule has 0 radical (unpaired) electrons. The number of benzene rings is 1. The van der Waals surface area contributed by atoms with Gasteiger partial charge in [-0.15, -0.1) is 6.58 Å². The molecule has 2 heteroatoms. The molecule has 1 unspecified atom stereocenters. The second-order valence-corrected chi connectivity index (χ2v) is 4.24. The van der Waals surface area contributed by atoms with E-state index in [1.807, 2.05) is 6.08 Å². The van der Waals surface area contributed by atoms with Crippen molar-refractivity contribution in [2.24, 2.45) is 0 Å². The molecule has 2 nitrogen and oxygen atoms in total. The number of piperazine rings is 1. The van der Waals surface area contributed by atoms with E-state index in [-0.39, 0.29) is 0 Å². The van der Waals surface area contributed by atoms with Gasteiger partial charge in [0.1, 0.15) is 0 Å². The topological polar surface area (TPSA) is 15.3 Å². The number of hydrogen-bond donors (Lipinski definition) is 1. The SMILES string of the molecule is C=CCC(c1ccccc1)N1CCNCC1. The van der Waals surface area contributed by atoms with Gasteiger partial charge in [0.05, 0.1) is 0 Å². The molecule has 2 rings (SSSR count). The third kappa shape index (κ3) is 2.71. The monoisotopic (exact) mass is 216 g/mol. The van der Waals surface area contributed by atoms with Gasteiger partial charge < -0.3 is 5.32 Å². The van der Waals surface area contributed by atoms with Gasteiger partial charge in [-0.25, -0.2) is 0 Å². The molecular weight excluding hydrogens is 196 g/mol. The van der Waals surface area contributed by atoms with Crippen molar-refractivity contribution in [3.05, 3.63) is 48.6 Å². The second-order valence-electron chi connectivity index (χ2n) is 4.24. The highest BCUT2D eigenvalue weighted by Crippen LogP contribution is 2.24. The molecule has 1 saturated heterocycles. The van der Waals surface area contributed by atoms with Gasteiger partial charge in [0.15, 0.2) is 0 Å². The lowest BCUT2D eigenvalue weighted by Gasteiger charge is -2.34. The van der Waals surface area contributed by atoms with E-state index in [9.17, 15) is 0 Å². The van der Waals surface area contributed by atoms with Gasteiger partial charge in [-0.3, -0.25) is 4.90 Å². The molecular formula is C14H20N2. The first kappa shape index (κ1) is 11.4. The average molecular weight is 216 g/mol. The van der Waals surface area contributed by atoms with E-state index >= 15 is 0 Å². The van der Waals surface area contributed by atoms with Crippen LogP contribution in [0.4, 0.5) is 0 Å². The fraction of sp³-hybridized carbons (Fsp3) is 0.429. The Morgan fingerprint density at radius 2 is 1.94 bits per heavy atom. The number of hydrogen-bond acceptors (Lipinski definition) is 2. The Balaban J connectivity index is 2.12. The van der Waals surface area contributed by atoms with Crippen LogP contribution in [0.2, 0.25) is 0 Å². The number of rotatable bonds is 4. The Bertz CT molecular complexity index is 315. The Labute approximate surface area is 98.0 Å². The van der Waals surface area contributed by atoms with Crippen LogP contribution in [0.1, 0.15) is 18.0 Å². The van der Waals surface area contributed by atoms with Crippen molar-refractivity contribution < 1.29 is 0 Å². The van der Waals surface area contributed by atoms with Crippen LogP contribution in [0.5, 0.6) is 0 Å². The van der Waals surface area contributed by atoms with Gasteiger partial charge in [0.2, 0.25) is 0 Å². The Kier molecular flexibility index (Phi) is 4.14. The van der Waals surface area contributed by atoms with Crippen molar-refractivity contribution in [1.82, 2.24) is 10.2 Å². The van der Waals surface area contributed by atoms with Crippen LogP contribution in [0.15, 0.2) is 43.0 Å². The largest absolute Gasteiger partial charge is 0.314 e. The van der Waals surface area contributed by atoms with Crippen LogP contribution in [0.25, 0.3) is 0 Å². The highest BCUT2D eigenvalue weighted by atomic mass is 15.2. The van der Waals surface area contributed by atoms with E-state index in [4.69, 9.17) is 0 Å². The molecule has 1 atom stereocenters. The highest BCUT2D eigenvalue weighted by molar-refractivity contribution is 5.20. The molecule has 1 aliphatic heterocycles. The zero-order chi connectivity index (χ0) is 11.2. The average Bonchev–Trinajstić information content (AvgIpc) is 2.38. The Morgan fingerprint density at radius 1 is 1.25 bits per heavy atom. The van der Waals surface area contributed by atoms with E-state index in [2.05, 4.69) is 47.1 Å². The van der Waals surface area contributed by atoms with Crippen LogP contribution >= 0.6 is 0 Å². The van der Waals surface area contributed by atoms with Crippen LogP contribution in [-0.2, 0) is 0 Å². The molecule has 86 valence electrons. The molecule has 1 heterocycles. The second kappa shape index (κ2) is 5.83. The first-order valence-corrected chi connectivity index (χ1v) is 6.02. The lowest BCUT2D eigenvalue weighted by molar-refractivity contribution is 0.174. The van der Waals surface area contributed by atoms with E-state index in [0.717, 1.165) is 32.6 Å². The van der Waals surface area contributed by atoms with Crippen molar-refractivity contribution in [3.8, 4) is 0 Å². The fourth-order valence-corrected chi connectivity index (χ4v) is 2.32. The van der Waals surface area contributed by atoms with Gasteiger partial charge in [-0.05, 0) is 12.0 Å². The van der Waals surface area contributed by atoms with E-state index < -0.39 is 0 Å². The molecule has 1 aliphatic rings. The van der Waals surface area contributed by atoms with Crippen LogP contribution < -0.4 is 5.32 Å². The summed E-state index contributed by atoms with van der Waals surface area (Å²) >= 11 is 0. The standard InChI is InChI=1S/C14H20N2/c1-2-6-14(13-7-4-3-5-8-13)16-11-9-15-10-12-16/h2-5,7-8,14-15H,1,6,9-12H2. The zero-order valence-corrected chi connectivity index (χ0v) is 9.73. The zero-order valence-electron chi connectivity index (χ0n) is 9.73. The third-order valence-electron chi connectivity index (χ3n) is 3.17. The van der Waals surface area contributed by atoms with E-state index in [0.29, 0.717) is 6.04 Å². The van der Waals surface area contributed by atoms with Crippen LogP contribution in [0.3, 0.4) is 0 Å². The summed E-state index contributed by atoms with van der Waals surface area (Å²) in [4.78, 5) is 2.55. The summed E-state index contributed by atoms with van der Waals surface area (Å²) in [5.74, 6) is 0. The van der Waals surface area contributed by atoms with Gasteiger partial charge in [0, 0.05) is 32.2 Å². The summed E-state index contributed by atoms with van der Waals surface area (Å²) in [6, 6.07) is 11.3. The normalized spacial score (nSPS) is 19.2. The molecule has 16 heavy (non-hydrogen) atoms. The summed E-state index contributed by atoms with van der Waals surface area (Å²) in [5, 5.41) is 3.40. The molecule has 0 spiro atoms. The van der Waals surface area contributed by atoms with E-state index in [1.165, 1.54) is 5.56 Å². The summed E-state index contributed by atoms with van der Waals surface area (Å²) < 4.78 is 0. The van der Waals surface area contributed by atoms with Gasteiger partial charge in [0.25, 0.3) is 0 Å². The molecule has 1 fully saturated rings. The number of nitrogens with zero attached hydrogens (tertiary/aromatic N) is 1. The maximum atomic E-state index is 3.88. The minimum absolute atomic E-state index is 0.501. The van der Waals surface area contributed by atoms with Crippen LogP contribution in [0, 0.1) is 0 Å². The Hall–Kier alpha value is -1.12. The van der Waals surface area contributed by atoms with Crippen LogP contribution in [-0.4, -0.2) is 31.1 Å².